The van der Waals surface area contributed by atoms with Gasteiger partial charge in [-0.25, -0.2) is 4.39 Å². The molecule has 164 valence electrons. The Morgan fingerprint density at radius 2 is 1.88 bits per heavy atom. The van der Waals surface area contributed by atoms with Gasteiger partial charge in [-0.1, -0.05) is 31.2 Å². The van der Waals surface area contributed by atoms with E-state index in [1.54, 1.807) is 17.9 Å². The number of aromatic nitrogens is 6. The van der Waals surface area contributed by atoms with Gasteiger partial charge >= 0.3 is 0 Å². The Hall–Kier alpha value is -3.88. The smallest absolute Gasteiger partial charge is 0.227 e. The maximum absolute atomic E-state index is 14.4. The van der Waals surface area contributed by atoms with E-state index in [-0.39, 0.29) is 11.7 Å². The van der Waals surface area contributed by atoms with Gasteiger partial charge in [0, 0.05) is 36.0 Å². The zero-order chi connectivity index (χ0) is 22.8. The SMILES string of the molecule is CCC(=O)N(Cc1ccc(-c2c(C)nn(C)c2C)cc1)c1cc(F)cc(-c2nn[nH]n2)c1. The highest BCUT2D eigenvalue weighted by Gasteiger charge is 2.18. The van der Waals surface area contributed by atoms with Crippen LogP contribution in [-0.4, -0.2) is 36.3 Å². The van der Waals surface area contributed by atoms with Crippen molar-refractivity contribution in [2.24, 2.45) is 7.05 Å². The summed E-state index contributed by atoms with van der Waals surface area (Å²) >= 11 is 0. The van der Waals surface area contributed by atoms with Gasteiger partial charge in [0.15, 0.2) is 0 Å². The third-order valence-corrected chi connectivity index (χ3v) is 5.49. The number of anilines is 1. The summed E-state index contributed by atoms with van der Waals surface area (Å²) in [4.78, 5) is 14.3. The number of rotatable bonds is 6. The molecule has 0 aliphatic heterocycles. The molecule has 2 aromatic heterocycles. The Labute approximate surface area is 185 Å². The number of tetrazole rings is 1. The molecule has 0 atom stereocenters. The zero-order valence-electron chi connectivity index (χ0n) is 18.4. The molecule has 9 heteroatoms. The monoisotopic (exact) mass is 433 g/mol. The number of nitrogens with zero attached hydrogens (tertiary/aromatic N) is 6. The maximum Gasteiger partial charge on any atom is 0.227 e. The van der Waals surface area contributed by atoms with E-state index < -0.39 is 5.82 Å². The fourth-order valence-corrected chi connectivity index (χ4v) is 3.81. The van der Waals surface area contributed by atoms with Gasteiger partial charge < -0.3 is 4.90 Å². The molecule has 0 aliphatic rings. The van der Waals surface area contributed by atoms with Gasteiger partial charge in [-0.3, -0.25) is 9.48 Å². The summed E-state index contributed by atoms with van der Waals surface area (Å²) in [6, 6.07) is 12.4. The molecule has 0 fully saturated rings. The van der Waals surface area contributed by atoms with Crippen LogP contribution < -0.4 is 4.90 Å². The van der Waals surface area contributed by atoms with Crippen molar-refractivity contribution in [2.75, 3.05) is 4.90 Å². The van der Waals surface area contributed by atoms with E-state index in [9.17, 15) is 9.18 Å². The molecule has 0 radical (unpaired) electrons. The van der Waals surface area contributed by atoms with E-state index in [0.29, 0.717) is 24.2 Å². The first kappa shape index (κ1) is 21.4. The summed E-state index contributed by atoms with van der Waals surface area (Å²) in [5, 5.41) is 18.2. The number of aryl methyl sites for hydroxylation is 2. The van der Waals surface area contributed by atoms with Crippen LogP contribution in [0.4, 0.5) is 10.1 Å². The number of hydrogen-bond donors (Lipinski definition) is 1. The molecule has 4 rings (SSSR count). The third kappa shape index (κ3) is 4.14. The van der Waals surface area contributed by atoms with Gasteiger partial charge in [-0.2, -0.15) is 10.3 Å². The molecule has 2 aromatic carbocycles. The molecular formula is C23H24FN7O. The van der Waals surface area contributed by atoms with Crippen LogP contribution in [0.1, 0.15) is 30.3 Å². The van der Waals surface area contributed by atoms with E-state index in [2.05, 4.69) is 25.7 Å². The lowest BCUT2D eigenvalue weighted by Crippen LogP contribution is -2.29. The highest BCUT2D eigenvalue weighted by molar-refractivity contribution is 5.93. The number of carbonyl (C=O) groups is 1. The Balaban J connectivity index is 1.65. The predicted molar refractivity (Wildman–Crippen MR) is 119 cm³/mol. The fraction of sp³-hybridized carbons (Fsp3) is 0.261. The largest absolute Gasteiger partial charge is 0.308 e. The Kier molecular flexibility index (Phi) is 5.81. The minimum absolute atomic E-state index is 0.113. The molecule has 0 saturated heterocycles. The number of halogens is 1. The van der Waals surface area contributed by atoms with Crippen LogP contribution >= 0.6 is 0 Å². The molecule has 32 heavy (non-hydrogen) atoms. The molecule has 1 amide bonds. The van der Waals surface area contributed by atoms with E-state index in [1.165, 1.54) is 12.1 Å². The van der Waals surface area contributed by atoms with Crippen LogP contribution in [0.25, 0.3) is 22.5 Å². The number of amides is 1. The number of aromatic amines is 1. The number of hydrogen-bond acceptors (Lipinski definition) is 5. The first-order valence-electron chi connectivity index (χ1n) is 10.3. The Morgan fingerprint density at radius 1 is 1.12 bits per heavy atom. The van der Waals surface area contributed by atoms with Gasteiger partial charge in [0.05, 0.1) is 12.2 Å². The molecule has 0 bridgehead atoms. The van der Waals surface area contributed by atoms with Crippen molar-refractivity contribution in [2.45, 2.75) is 33.7 Å². The minimum Gasteiger partial charge on any atom is -0.308 e. The first-order chi connectivity index (χ1) is 15.4. The zero-order valence-corrected chi connectivity index (χ0v) is 18.4. The van der Waals surface area contributed by atoms with Crippen LogP contribution in [0.15, 0.2) is 42.5 Å². The normalized spacial score (nSPS) is 11.0. The summed E-state index contributed by atoms with van der Waals surface area (Å²) in [6.07, 6.45) is 0.292. The Morgan fingerprint density at radius 3 is 2.47 bits per heavy atom. The topological polar surface area (TPSA) is 92.6 Å². The average Bonchev–Trinajstić information content (AvgIpc) is 3.40. The van der Waals surface area contributed by atoms with Crippen molar-refractivity contribution in [3.8, 4) is 22.5 Å². The van der Waals surface area contributed by atoms with E-state index in [1.807, 2.05) is 49.8 Å². The second-order valence-electron chi connectivity index (χ2n) is 7.63. The van der Waals surface area contributed by atoms with E-state index in [0.717, 1.165) is 28.1 Å². The first-order valence-corrected chi connectivity index (χ1v) is 10.3. The van der Waals surface area contributed by atoms with Crippen molar-refractivity contribution in [3.63, 3.8) is 0 Å². The lowest BCUT2D eigenvalue weighted by molar-refractivity contribution is -0.118. The molecule has 0 spiro atoms. The molecular weight excluding hydrogens is 409 g/mol. The lowest BCUT2D eigenvalue weighted by Gasteiger charge is -2.23. The van der Waals surface area contributed by atoms with Gasteiger partial charge in [0.2, 0.25) is 11.7 Å². The lowest BCUT2D eigenvalue weighted by atomic mass is 10.0. The van der Waals surface area contributed by atoms with Crippen LogP contribution in [-0.2, 0) is 18.4 Å². The summed E-state index contributed by atoms with van der Waals surface area (Å²) in [5.41, 5.74) is 6.05. The van der Waals surface area contributed by atoms with Crippen molar-refractivity contribution < 1.29 is 9.18 Å². The maximum atomic E-state index is 14.4. The van der Waals surface area contributed by atoms with E-state index in [4.69, 9.17) is 0 Å². The number of carbonyl (C=O) groups excluding carboxylic acids is 1. The fourth-order valence-electron chi connectivity index (χ4n) is 3.81. The number of H-pyrrole nitrogens is 1. The second kappa shape index (κ2) is 8.70. The van der Waals surface area contributed by atoms with Crippen LogP contribution in [0.3, 0.4) is 0 Å². The summed E-state index contributed by atoms with van der Waals surface area (Å²) in [7, 11) is 1.93. The molecule has 1 N–H and O–H groups in total. The number of benzene rings is 2. The van der Waals surface area contributed by atoms with E-state index >= 15 is 0 Å². The third-order valence-electron chi connectivity index (χ3n) is 5.49. The van der Waals surface area contributed by atoms with Gasteiger partial charge in [-0.05, 0) is 48.4 Å². The quantitative estimate of drug-likeness (QED) is 0.497. The molecule has 0 aliphatic carbocycles. The predicted octanol–water partition coefficient (Wildman–Crippen LogP) is 3.97. The molecule has 2 heterocycles. The van der Waals surface area contributed by atoms with Crippen molar-refractivity contribution in [1.29, 1.82) is 0 Å². The van der Waals surface area contributed by atoms with Crippen LogP contribution in [0.2, 0.25) is 0 Å². The van der Waals surface area contributed by atoms with Crippen LogP contribution in [0.5, 0.6) is 0 Å². The standard InChI is InChI=1S/C23H24FN7O/c1-5-21(32)31(20-11-18(10-19(24)12-20)23-25-28-29-26-23)13-16-6-8-17(9-7-16)22-14(2)27-30(4)15(22)3/h6-12H,5,13H2,1-4H3,(H,25,26,28,29). The molecule has 8 nitrogen and oxygen atoms in total. The van der Waals surface area contributed by atoms with Gasteiger partial charge in [-0.15, -0.1) is 10.2 Å². The summed E-state index contributed by atoms with van der Waals surface area (Å²) in [6.45, 7) is 6.12. The average molecular weight is 433 g/mol. The van der Waals surface area contributed by atoms with Crippen molar-refractivity contribution in [1.82, 2.24) is 30.4 Å². The summed E-state index contributed by atoms with van der Waals surface area (Å²) in [5.74, 6) is -0.326. The molecule has 4 aromatic rings. The molecule has 0 unspecified atom stereocenters. The van der Waals surface area contributed by atoms with Gasteiger partial charge in [0.1, 0.15) is 5.82 Å². The highest BCUT2D eigenvalue weighted by atomic mass is 19.1. The molecule has 0 saturated carbocycles. The van der Waals surface area contributed by atoms with Gasteiger partial charge in [0.25, 0.3) is 0 Å². The number of nitrogens with one attached hydrogen (secondary N) is 1. The summed E-state index contributed by atoms with van der Waals surface area (Å²) < 4.78 is 16.2. The highest BCUT2D eigenvalue weighted by Crippen LogP contribution is 2.29. The second-order valence-corrected chi connectivity index (χ2v) is 7.63. The minimum atomic E-state index is -0.478. The Bertz CT molecular complexity index is 1250. The van der Waals surface area contributed by atoms with Crippen molar-refractivity contribution >= 4 is 11.6 Å². The van der Waals surface area contributed by atoms with Crippen molar-refractivity contribution in [3.05, 3.63) is 65.2 Å². The van der Waals surface area contributed by atoms with Crippen LogP contribution in [0, 0.1) is 19.7 Å².